The Kier molecular flexibility index (Phi) is 7.66. The molecule has 2 N–H and O–H groups in total. The van der Waals surface area contributed by atoms with Gasteiger partial charge in [-0.05, 0) is 45.6 Å². The van der Waals surface area contributed by atoms with Crippen molar-refractivity contribution in [2.24, 2.45) is 5.73 Å². The van der Waals surface area contributed by atoms with E-state index in [9.17, 15) is 9.59 Å². The predicted octanol–water partition coefficient (Wildman–Crippen LogP) is 3.29. The zero-order chi connectivity index (χ0) is 18.9. The Morgan fingerprint density at radius 2 is 1.85 bits per heavy atom. The summed E-state index contributed by atoms with van der Waals surface area (Å²) in [5.74, 6) is -0.0126. The number of ether oxygens (including phenoxy) is 1. The molecular weight excluding hydrogens is 396 g/mol. The first-order valence-corrected chi connectivity index (χ1v) is 9.30. The highest BCUT2D eigenvalue weighted by Gasteiger charge is 2.16. The van der Waals surface area contributed by atoms with E-state index in [0.717, 1.165) is 16.5 Å². The van der Waals surface area contributed by atoms with E-state index < -0.39 is 5.91 Å². The first kappa shape index (κ1) is 20.0. The fourth-order valence-corrected chi connectivity index (χ4v) is 2.99. The summed E-state index contributed by atoms with van der Waals surface area (Å²) in [6.07, 6.45) is 1.04. The molecule has 0 heterocycles. The van der Waals surface area contributed by atoms with Crippen LogP contribution >= 0.6 is 15.9 Å². The van der Waals surface area contributed by atoms with Gasteiger partial charge in [0.2, 0.25) is 5.91 Å². The van der Waals surface area contributed by atoms with Crippen LogP contribution < -0.4 is 10.5 Å². The summed E-state index contributed by atoms with van der Waals surface area (Å²) in [6.45, 7) is 2.65. The van der Waals surface area contributed by atoms with Crippen LogP contribution in [0.5, 0.6) is 5.75 Å². The molecule has 0 spiro atoms. The number of carbonyl (C=O) groups is 2. The Labute approximate surface area is 162 Å². The maximum absolute atomic E-state index is 12.6. The molecule has 0 aliphatic heterocycles. The molecule has 0 bridgehead atoms. The molecule has 5 nitrogen and oxygen atoms in total. The van der Waals surface area contributed by atoms with Crippen LogP contribution in [-0.2, 0) is 22.6 Å². The number of primary amides is 1. The van der Waals surface area contributed by atoms with Gasteiger partial charge < -0.3 is 15.4 Å². The number of nitrogens with zero attached hydrogens (tertiary/aromatic N) is 1. The highest BCUT2D eigenvalue weighted by molar-refractivity contribution is 9.10. The molecule has 2 aromatic carbocycles. The standard InChI is InChI=1S/C20H23BrN2O3/c1-2-15-8-9-18(17(21)12-15)26-14-20(25)23(11-10-19(22)24)13-16-6-4-3-5-7-16/h3-9,12H,2,10-11,13-14H2,1H3,(H2,22,24). The summed E-state index contributed by atoms with van der Waals surface area (Å²) in [4.78, 5) is 25.3. The Morgan fingerprint density at radius 3 is 2.46 bits per heavy atom. The van der Waals surface area contributed by atoms with Crippen molar-refractivity contribution in [2.75, 3.05) is 13.2 Å². The summed E-state index contributed by atoms with van der Waals surface area (Å²) >= 11 is 3.47. The third kappa shape index (κ3) is 6.19. The molecule has 0 saturated carbocycles. The van der Waals surface area contributed by atoms with E-state index in [0.29, 0.717) is 12.3 Å². The first-order chi connectivity index (χ1) is 12.5. The van der Waals surface area contributed by atoms with Crippen LogP contribution in [-0.4, -0.2) is 29.9 Å². The van der Waals surface area contributed by atoms with Gasteiger partial charge >= 0.3 is 0 Å². The van der Waals surface area contributed by atoms with E-state index in [-0.39, 0.29) is 25.5 Å². The average Bonchev–Trinajstić information content (AvgIpc) is 2.64. The van der Waals surface area contributed by atoms with E-state index in [1.54, 1.807) is 4.90 Å². The van der Waals surface area contributed by atoms with Gasteiger partial charge in [0.1, 0.15) is 5.75 Å². The molecule has 2 rings (SSSR count). The smallest absolute Gasteiger partial charge is 0.260 e. The molecular formula is C20H23BrN2O3. The zero-order valence-electron chi connectivity index (χ0n) is 14.8. The number of carbonyl (C=O) groups excluding carboxylic acids is 2. The molecule has 26 heavy (non-hydrogen) atoms. The Bertz CT molecular complexity index is 750. The molecule has 2 aromatic rings. The van der Waals surface area contributed by atoms with Crippen LogP contribution in [0.4, 0.5) is 0 Å². The van der Waals surface area contributed by atoms with Crippen LogP contribution in [0, 0.1) is 0 Å². The minimum atomic E-state index is -0.435. The van der Waals surface area contributed by atoms with Gasteiger partial charge in [-0.1, -0.05) is 43.3 Å². The second-order valence-electron chi connectivity index (χ2n) is 5.92. The van der Waals surface area contributed by atoms with Crippen LogP contribution in [0.15, 0.2) is 53.0 Å². The molecule has 0 saturated heterocycles. The Morgan fingerprint density at radius 1 is 1.12 bits per heavy atom. The number of hydrogen-bond donors (Lipinski definition) is 1. The van der Waals surface area contributed by atoms with Crippen molar-refractivity contribution >= 4 is 27.7 Å². The largest absolute Gasteiger partial charge is 0.483 e. The summed E-state index contributed by atoms with van der Waals surface area (Å²) in [7, 11) is 0. The zero-order valence-corrected chi connectivity index (χ0v) is 16.4. The van der Waals surface area contributed by atoms with Crippen LogP contribution in [0.3, 0.4) is 0 Å². The number of aryl methyl sites for hydroxylation is 1. The van der Waals surface area contributed by atoms with Gasteiger partial charge in [0, 0.05) is 19.5 Å². The van der Waals surface area contributed by atoms with Gasteiger partial charge in [-0.25, -0.2) is 0 Å². The highest BCUT2D eigenvalue weighted by Crippen LogP contribution is 2.26. The lowest BCUT2D eigenvalue weighted by molar-refractivity contribution is -0.134. The fraction of sp³-hybridized carbons (Fsp3) is 0.300. The van der Waals surface area contributed by atoms with Crippen LogP contribution in [0.1, 0.15) is 24.5 Å². The minimum absolute atomic E-state index is 0.102. The monoisotopic (exact) mass is 418 g/mol. The van der Waals surface area contributed by atoms with Crippen molar-refractivity contribution in [1.29, 1.82) is 0 Å². The molecule has 0 fully saturated rings. The molecule has 0 aliphatic rings. The van der Waals surface area contributed by atoms with Crippen LogP contribution in [0.25, 0.3) is 0 Å². The van der Waals surface area contributed by atoms with Gasteiger partial charge in [-0.2, -0.15) is 0 Å². The molecule has 0 atom stereocenters. The number of amides is 2. The first-order valence-electron chi connectivity index (χ1n) is 8.50. The number of hydrogen-bond acceptors (Lipinski definition) is 3. The van der Waals surface area contributed by atoms with Crippen molar-refractivity contribution < 1.29 is 14.3 Å². The summed E-state index contributed by atoms with van der Waals surface area (Å²) in [5, 5.41) is 0. The third-order valence-electron chi connectivity index (χ3n) is 3.95. The maximum atomic E-state index is 12.6. The van der Waals surface area contributed by atoms with Gasteiger partial charge in [-0.15, -0.1) is 0 Å². The second kappa shape index (κ2) is 9.97. The third-order valence-corrected chi connectivity index (χ3v) is 4.57. The van der Waals surface area contributed by atoms with E-state index in [4.69, 9.17) is 10.5 Å². The topological polar surface area (TPSA) is 72.6 Å². The van der Waals surface area contributed by atoms with Crippen molar-refractivity contribution in [2.45, 2.75) is 26.3 Å². The summed E-state index contributed by atoms with van der Waals surface area (Å²) in [5.41, 5.74) is 7.40. The second-order valence-corrected chi connectivity index (χ2v) is 6.78. The quantitative estimate of drug-likeness (QED) is 0.678. The van der Waals surface area contributed by atoms with Gasteiger partial charge in [0.15, 0.2) is 6.61 Å². The Balaban J connectivity index is 2.02. The predicted molar refractivity (Wildman–Crippen MR) is 105 cm³/mol. The summed E-state index contributed by atoms with van der Waals surface area (Å²) < 4.78 is 6.49. The minimum Gasteiger partial charge on any atom is -0.483 e. The van der Waals surface area contributed by atoms with Crippen LogP contribution in [0.2, 0.25) is 0 Å². The van der Waals surface area contributed by atoms with E-state index in [1.165, 1.54) is 5.56 Å². The molecule has 138 valence electrons. The number of halogens is 1. The maximum Gasteiger partial charge on any atom is 0.260 e. The lowest BCUT2D eigenvalue weighted by Gasteiger charge is -2.22. The molecule has 6 heteroatoms. The van der Waals surface area contributed by atoms with E-state index in [2.05, 4.69) is 22.9 Å². The molecule has 0 unspecified atom stereocenters. The lowest BCUT2D eigenvalue weighted by atomic mass is 10.2. The molecule has 0 aliphatic carbocycles. The van der Waals surface area contributed by atoms with Gasteiger partial charge in [-0.3, -0.25) is 9.59 Å². The molecule has 0 aromatic heterocycles. The highest BCUT2D eigenvalue weighted by atomic mass is 79.9. The molecule has 2 amide bonds. The lowest BCUT2D eigenvalue weighted by Crippen LogP contribution is -2.36. The number of rotatable bonds is 9. The van der Waals surface area contributed by atoms with Crippen molar-refractivity contribution in [3.63, 3.8) is 0 Å². The fourth-order valence-electron chi connectivity index (χ4n) is 2.45. The van der Waals surface area contributed by atoms with E-state index in [1.807, 2.05) is 48.5 Å². The van der Waals surface area contributed by atoms with Crippen molar-refractivity contribution in [3.8, 4) is 5.75 Å². The number of benzene rings is 2. The van der Waals surface area contributed by atoms with Gasteiger partial charge in [0.25, 0.3) is 5.91 Å². The van der Waals surface area contributed by atoms with Gasteiger partial charge in [0.05, 0.1) is 4.47 Å². The molecule has 0 radical (unpaired) electrons. The summed E-state index contributed by atoms with van der Waals surface area (Å²) in [6, 6.07) is 15.4. The number of nitrogens with two attached hydrogens (primary N) is 1. The van der Waals surface area contributed by atoms with E-state index >= 15 is 0 Å². The van der Waals surface area contributed by atoms with Crippen molar-refractivity contribution in [1.82, 2.24) is 4.90 Å². The van der Waals surface area contributed by atoms with Crippen molar-refractivity contribution in [3.05, 3.63) is 64.1 Å². The Hall–Kier alpha value is -2.34. The normalized spacial score (nSPS) is 10.4. The SMILES string of the molecule is CCc1ccc(OCC(=O)N(CCC(N)=O)Cc2ccccc2)c(Br)c1. The average molecular weight is 419 g/mol.